The average Bonchev–Trinajstić information content (AvgIpc) is 3.52. The smallest absolute Gasteiger partial charge is 0.240 e. The summed E-state index contributed by atoms with van der Waals surface area (Å²) < 4.78 is 12.9. The van der Waals surface area contributed by atoms with E-state index in [9.17, 15) is 4.79 Å². The minimum atomic E-state index is -0.0839. The first-order valence-electron chi connectivity index (χ1n) is 10.5. The van der Waals surface area contributed by atoms with E-state index in [-0.39, 0.29) is 31.3 Å². The van der Waals surface area contributed by atoms with Gasteiger partial charge in [0.15, 0.2) is 17.3 Å². The van der Waals surface area contributed by atoms with Crippen LogP contribution in [0.3, 0.4) is 0 Å². The molecule has 0 saturated carbocycles. The van der Waals surface area contributed by atoms with Crippen molar-refractivity contribution in [2.45, 2.75) is 20.0 Å². The summed E-state index contributed by atoms with van der Waals surface area (Å²) in [4.78, 5) is 16.6. The third-order valence-electron chi connectivity index (χ3n) is 5.36. The molecular formula is C24H21N5O4. The number of pyridine rings is 1. The van der Waals surface area contributed by atoms with Gasteiger partial charge in [-0.25, -0.2) is 0 Å². The molecule has 4 heterocycles. The number of furan rings is 1. The number of ether oxygens (including phenoxy) is 1. The monoisotopic (exact) mass is 443 g/mol. The molecule has 5 rings (SSSR count). The van der Waals surface area contributed by atoms with Crippen molar-refractivity contribution in [2.24, 2.45) is 5.92 Å². The predicted octanol–water partition coefficient (Wildman–Crippen LogP) is 3.71. The summed E-state index contributed by atoms with van der Waals surface area (Å²) in [6.45, 7) is 1.98. The van der Waals surface area contributed by atoms with Crippen molar-refractivity contribution < 1.29 is 19.1 Å². The van der Waals surface area contributed by atoms with Crippen molar-refractivity contribution in [3.8, 4) is 17.3 Å². The summed E-state index contributed by atoms with van der Waals surface area (Å²) in [5, 5.41) is 24.0. The Morgan fingerprint density at radius 3 is 2.73 bits per heavy atom. The van der Waals surface area contributed by atoms with E-state index in [2.05, 4.69) is 20.3 Å². The quantitative estimate of drug-likeness (QED) is 0.361. The average molecular weight is 443 g/mol. The molecule has 33 heavy (non-hydrogen) atoms. The van der Waals surface area contributed by atoms with Gasteiger partial charge in [-0.15, -0.1) is 15.3 Å². The van der Waals surface area contributed by atoms with Crippen molar-refractivity contribution in [3.63, 3.8) is 0 Å². The fourth-order valence-electron chi connectivity index (χ4n) is 3.55. The number of hydrogen-bond donors (Lipinski definition) is 1. The molecule has 9 heteroatoms. The number of carbonyl (C=O) groups is 1. The van der Waals surface area contributed by atoms with Crippen LogP contribution in [0.15, 0.2) is 65.6 Å². The molecule has 0 aliphatic carbocycles. The number of rotatable bonds is 8. The minimum absolute atomic E-state index is 0.0227. The van der Waals surface area contributed by atoms with E-state index >= 15 is 0 Å². The Bertz CT molecular complexity index is 1410. The van der Waals surface area contributed by atoms with Gasteiger partial charge in [-0.2, -0.15) is 4.52 Å². The van der Waals surface area contributed by atoms with Gasteiger partial charge in [0.05, 0.1) is 17.5 Å². The van der Waals surface area contributed by atoms with Gasteiger partial charge in [-0.1, -0.05) is 25.1 Å². The summed E-state index contributed by atoms with van der Waals surface area (Å²) in [6.07, 6.45) is 4.97. The lowest BCUT2D eigenvalue weighted by atomic mass is 10.0. The molecule has 166 valence electrons. The summed E-state index contributed by atoms with van der Waals surface area (Å²) >= 11 is 0. The van der Waals surface area contributed by atoms with Crippen molar-refractivity contribution in [1.29, 1.82) is 0 Å². The van der Waals surface area contributed by atoms with Gasteiger partial charge >= 0.3 is 0 Å². The number of ketones is 1. The van der Waals surface area contributed by atoms with Gasteiger partial charge in [0.1, 0.15) is 12.9 Å². The maximum Gasteiger partial charge on any atom is 0.240 e. The lowest BCUT2D eigenvalue weighted by Crippen LogP contribution is -2.10. The van der Waals surface area contributed by atoms with E-state index in [1.54, 1.807) is 35.2 Å². The SMILES string of the molecule is C[C@H](CO)CC(=O)c1ccc(COc2nn3c(-c4ccoc4)nnc3c3ccccc23)nc1. The second-order valence-electron chi connectivity index (χ2n) is 7.86. The van der Waals surface area contributed by atoms with Crippen LogP contribution in [0, 0.1) is 5.92 Å². The Morgan fingerprint density at radius 2 is 2.00 bits per heavy atom. The number of fused-ring (bicyclic) bond motifs is 3. The number of hydrogen-bond acceptors (Lipinski definition) is 8. The molecule has 1 atom stereocenters. The second kappa shape index (κ2) is 8.79. The van der Waals surface area contributed by atoms with Crippen molar-refractivity contribution >= 4 is 22.2 Å². The molecular weight excluding hydrogens is 422 g/mol. The highest BCUT2D eigenvalue weighted by Gasteiger charge is 2.17. The molecule has 0 fully saturated rings. The van der Waals surface area contributed by atoms with E-state index in [1.165, 1.54) is 6.20 Å². The summed E-state index contributed by atoms with van der Waals surface area (Å²) in [5.74, 6) is 0.835. The molecule has 0 bridgehead atoms. The first-order chi connectivity index (χ1) is 16.1. The Kier molecular flexibility index (Phi) is 5.54. The van der Waals surface area contributed by atoms with Crippen LogP contribution >= 0.6 is 0 Å². The minimum Gasteiger partial charge on any atom is -0.472 e. The lowest BCUT2D eigenvalue weighted by molar-refractivity contribution is 0.0943. The Hall–Kier alpha value is -4.11. The van der Waals surface area contributed by atoms with Crippen LogP contribution in [0.2, 0.25) is 0 Å². The fourth-order valence-corrected chi connectivity index (χ4v) is 3.55. The first-order valence-corrected chi connectivity index (χ1v) is 10.5. The third-order valence-corrected chi connectivity index (χ3v) is 5.36. The summed E-state index contributed by atoms with van der Waals surface area (Å²) in [7, 11) is 0. The maximum atomic E-state index is 12.3. The van der Waals surface area contributed by atoms with Gasteiger partial charge in [-0.05, 0) is 30.2 Å². The molecule has 0 amide bonds. The van der Waals surface area contributed by atoms with E-state index in [4.69, 9.17) is 14.3 Å². The highest BCUT2D eigenvalue weighted by atomic mass is 16.5. The molecule has 0 unspecified atom stereocenters. The molecule has 5 aromatic rings. The number of aliphatic hydroxyl groups is 1. The van der Waals surface area contributed by atoms with Crippen LogP contribution < -0.4 is 4.74 Å². The highest BCUT2D eigenvalue weighted by Crippen LogP contribution is 2.29. The van der Waals surface area contributed by atoms with Gasteiger partial charge in [0.2, 0.25) is 5.88 Å². The van der Waals surface area contributed by atoms with Crippen LogP contribution in [0.25, 0.3) is 27.8 Å². The molecule has 0 saturated heterocycles. The van der Waals surface area contributed by atoms with E-state index in [0.717, 1.165) is 16.3 Å². The van der Waals surface area contributed by atoms with Gasteiger partial charge in [0, 0.05) is 35.6 Å². The number of aliphatic hydroxyl groups excluding tert-OH is 1. The standard InChI is InChI=1S/C24H21N5O4/c1-15(12-30)10-21(31)16-6-7-18(25-11-16)14-33-24-20-5-3-2-4-19(20)23-27-26-22(29(23)28-24)17-8-9-32-13-17/h2-9,11,13,15,30H,10,12,14H2,1H3/t15-/m0/s1. The first kappa shape index (κ1) is 20.8. The van der Waals surface area contributed by atoms with Crippen molar-refractivity contribution in [3.05, 3.63) is 72.4 Å². The number of aromatic nitrogens is 5. The van der Waals surface area contributed by atoms with Crippen molar-refractivity contribution in [1.82, 2.24) is 24.8 Å². The molecule has 0 spiro atoms. The number of carbonyl (C=O) groups excluding carboxylic acids is 1. The predicted molar refractivity (Wildman–Crippen MR) is 120 cm³/mol. The summed E-state index contributed by atoms with van der Waals surface area (Å²) in [5.41, 5.74) is 2.55. The molecule has 1 aromatic carbocycles. The van der Waals surface area contributed by atoms with Crippen LogP contribution in [-0.2, 0) is 6.61 Å². The normalized spacial score (nSPS) is 12.3. The third kappa shape index (κ3) is 4.06. The van der Waals surface area contributed by atoms with Crippen molar-refractivity contribution in [2.75, 3.05) is 6.61 Å². The molecule has 9 nitrogen and oxygen atoms in total. The lowest BCUT2D eigenvalue weighted by Gasteiger charge is -2.10. The van der Waals surface area contributed by atoms with E-state index in [0.29, 0.717) is 28.6 Å². The molecule has 0 aliphatic heterocycles. The van der Waals surface area contributed by atoms with Crippen LogP contribution in [0.1, 0.15) is 29.4 Å². The zero-order valence-corrected chi connectivity index (χ0v) is 17.9. The zero-order valence-electron chi connectivity index (χ0n) is 17.9. The van der Waals surface area contributed by atoms with Gasteiger partial charge < -0.3 is 14.3 Å². The largest absolute Gasteiger partial charge is 0.472 e. The molecule has 0 aliphatic rings. The fraction of sp³-hybridized carbons (Fsp3) is 0.208. The highest BCUT2D eigenvalue weighted by molar-refractivity contribution is 5.97. The number of nitrogens with zero attached hydrogens (tertiary/aromatic N) is 5. The van der Waals surface area contributed by atoms with Crippen LogP contribution in [-0.4, -0.2) is 42.3 Å². The van der Waals surface area contributed by atoms with Gasteiger partial charge in [0.25, 0.3) is 0 Å². The topological polar surface area (TPSA) is 116 Å². The van der Waals surface area contributed by atoms with Crippen LogP contribution in [0.4, 0.5) is 0 Å². The number of Topliss-reactive ketones (excluding diaryl/α,β-unsaturated/α-hetero) is 1. The zero-order chi connectivity index (χ0) is 22.8. The van der Waals surface area contributed by atoms with E-state index in [1.807, 2.05) is 31.2 Å². The summed E-state index contributed by atoms with van der Waals surface area (Å²) in [6, 6.07) is 13.0. The Balaban J connectivity index is 1.43. The van der Waals surface area contributed by atoms with E-state index < -0.39 is 0 Å². The molecule has 4 aromatic heterocycles. The Morgan fingerprint density at radius 1 is 1.15 bits per heavy atom. The van der Waals surface area contributed by atoms with Gasteiger partial charge in [-0.3, -0.25) is 9.78 Å². The second-order valence-corrected chi connectivity index (χ2v) is 7.86. The maximum absolute atomic E-state index is 12.3. The molecule has 0 radical (unpaired) electrons. The Labute approximate surface area is 188 Å². The molecule has 1 N–H and O–H groups in total. The van der Waals surface area contributed by atoms with Crippen LogP contribution in [0.5, 0.6) is 5.88 Å². The number of benzene rings is 1.